The SMILES string of the molecule is CNCCC1(OC)CCCN(C)CC1. The molecule has 14 heavy (non-hydrogen) atoms. The summed E-state index contributed by atoms with van der Waals surface area (Å²) in [5.41, 5.74) is 0.133. The van der Waals surface area contributed by atoms with Crippen LogP contribution in [-0.4, -0.2) is 51.3 Å². The van der Waals surface area contributed by atoms with E-state index >= 15 is 0 Å². The zero-order chi connectivity index (χ0) is 10.4. The van der Waals surface area contributed by atoms with Crippen LogP contribution >= 0.6 is 0 Å². The van der Waals surface area contributed by atoms with Gasteiger partial charge in [0.05, 0.1) is 5.60 Å². The molecule has 0 aromatic rings. The number of rotatable bonds is 4. The molecule has 0 bridgehead atoms. The molecule has 0 spiro atoms. The van der Waals surface area contributed by atoms with E-state index < -0.39 is 0 Å². The van der Waals surface area contributed by atoms with Crippen LogP contribution in [-0.2, 0) is 4.74 Å². The maximum atomic E-state index is 5.74. The lowest BCUT2D eigenvalue weighted by molar-refractivity contribution is -0.0276. The summed E-state index contributed by atoms with van der Waals surface area (Å²) in [6.07, 6.45) is 4.76. The average Bonchev–Trinajstić information content (AvgIpc) is 2.39. The number of ether oxygens (including phenoxy) is 1. The molecule has 0 amide bonds. The van der Waals surface area contributed by atoms with Crippen molar-refractivity contribution in [3.8, 4) is 0 Å². The van der Waals surface area contributed by atoms with Gasteiger partial charge in [-0.2, -0.15) is 0 Å². The summed E-state index contributed by atoms with van der Waals surface area (Å²) >= 11 is 0. The molecule has 0 saturated carbocycles. The van der Waals surface area contributed by atoms with Crippen LogP contribution in [0, 0.1) is 0 Å². The molecule has 1 N–H and O–H groups in total. The van der Waals surface area contributed by atoms with Crippen LogP contribution < -0.4 is 5.32 Å². The van der Waals surface area contributed by atoms with Crippen molar-refractivity contribution in [2.45, 2.75) is 31.3 Å². The van der Waals surface area contributed by atoms with Crippen molar-refractivity contribution in [1.29, 1.82) is 0 Å². The third-order valence-corrected chi connectivity index (χ3v) is 3.38. The summed E-state index contributed by atoms with van der Waals surface area (Å²) < 4.78 is 5.74. The molecule has 1 rings (SSSR count). The zero-order valence-corrected chi connectivity index (χ0v) is 9.81. The molecule has 84 valence electrons. The van der Waals surface area contributed by atoms with E-state index in [1.54, 1.807) is 0 Å². The third-order valence-electron chi connectivity index (χ3n) is 3.38. The van der Waals surface area contributed by atoms with Crippen molar-refractivity contribution in [3.05, 3.63) is 0 Å². The van der Waals surface area contributed by atoms with Crippen LogP contribution in [0.25, 0.3) is 0 Å². The maximum absolute atomic E-state index is 5.74. The molecule has 1 heterocycles. The van der Waals surface area contributed by atoms with Crippen molar-refractivity contribution in [3.63, 3.8) is 0 Å². The minimum atomic E-state index is 0.133. The Bertz CT molecular complexity index is 159. The Balaban J connectivity index is 2.49. The van der Waals surface area contributed by atoms with Crippen molar-refractivity contribution in [1.82, 2.24) is 10.2 Å². The molecule has 3 nitrogen and oxygen atoms in total. The van der Waals surface area contributed by atoms with Crippen LogP contribution in [0.15, 0.2) is 0 Å². The Labute approximate surface area is 87.8 Å². The third kappa shape index (κ3) is 3.23. The normalized spacial score (nSPS) is 30.2. The summed E-state index contributed by atoms with van der Waals surface area (Å²) in [5, 5.41) is 3.21. The number of hydrogen-bond acceptors (Lipinski definition) is 3. The van der Waals surface area contributed by atoms with E-state index in [1.165, 1.54) is 25.8 Å². The molecule has 1 aliphatic rings. The Hall–Kier alpha value is -0.120. The fourth-order valence-electron chi connectivity index (χ4n) is 2.21. The summed E-state index contributed by atoms with van der Waals surface area (Å²) in [4.78, 5) is 2.40. The predicted molar refractivity (Wildman–Crippen MR) is 59.6 cm³/mol. The Kier molecular flexibility index (Phi) is 4.85. The van der Waals surface area contributed by atoms with Crippen molar-refractivity contribution in [2.24, 2.45) is 0 Å². The second kappa shape index (κ2) is 5.69. The Morgan fingerprint density at radius 3 is 2.79 bits per heavy atom. The van der Waals surface area contributed by atoms with Gasteiger partial charge in [0.1, 0.15) is 0 Å². The second-order valence-electron chi connectivity index (χ2n) is 4.40. The highest BCUT2D eigenvalue weighted by molar-refractivity contribution is 4.85. The van der Waals surface area contributed by atoms with E-state index in [9.17, 15) is 0 Å². The van der Waals surface area contributed by atoms with E-state index in [0.717, 1.165) is 19.5 Å². The molecule has 0 radical (unpaired) electrons. The minimum absolute atomic E-state index is 0.133. The summed E-state index contributed by atoms with van der Waals surface area (Å²) in [6.45, 7) is 3.43. The first-order valence-electron chi connectivity index (χ1n) is 5.61. The van der Waals surface area contributed by atoms with Gasteiger partial charge in [-0.1, -0.05) is 0 Å². The number of nitrogens with zero attached hydrogens (tertiary/aromatic N) is 1. The lowest BCUT2D eigenvalue weighted by Gasteiger charge is -2.31. The molecule has 0 aromatic carbocycles. The zero-order valence-electron chi connectivity index (χ0n) is 9.81. The van der Waals surface area contributed by atoms with E-state index in [0.29, 0.717) is 0 Å². The van der Waals surface area contributed by atoms with Crippen LogP contribution in [0.2, 0.25) is 0 Å². The van der Waals surface area contributed by atoms with Gasteiger partial charge >= 0.3 is 0 Å². The van der Waals surface area contributed by atoms with Gasteiger partial charge in [-0.15, -0.1) is 0 Å². The fourth-order valence-corrected chi connectivity index (χ4v) is 2.21. The van der Waals surface area contributed by atoms with Crippen molar-refractivity contribution >= 4 is 0 Å². The topological polar surface area (TPSA) is 24.5 Å². The smallest absolute Gasteiger partial charge is 0.0703 e. The number of hydrogen-bond donors (Lipinski definition) is 1. The quantitative estimate of drug-likeness (QED) is 0.735. The summed E-state index contributed by atoms with van der Waals surface area (Å²) in [7, 11) is 6.07. The number of likely N-dealkylation sites (tertiary alicyclic amines) is 1. The maximum Gasteiger partial charge on any atom is 0.0703 e. The fraction of sp³-hybridized carbons (Fsp3) is 1.00. The van der Waals surface area contributed by atoms with Crippen molar-refractivity contribution < 1.29 is 4.74 Å². The largest absolute Gasteiger partial charge is 0.378 e. The lowest BCUT2D eigenvalue weighted by atomic mass is 9.91. The first-order valence-corrected chi connectivity index (χ1v) is 5.61. The van der Waals surface area contributed by atoms with Gasteiger partial charge in [0.15, 0.2) is 0 Å². The Morgan fingerprint density at radius 1 is 1.36 bits per heavy atom. The van der Waals surface area contributed by atoms with E-state index in [4.69, 9.17) is 4.74 Å². The average molecular weight is 200 g/mol. The van der Waals surface area contributed by atoms with Crippen LogP contribution in [0.1, 0.15) is 25.7 Å². The van der Waals surface area contributed by atoms with Gasteiger partial charge in [0.2, 0.25) is 0 Å². The molecular formula is C11H24N2O. The second-order valence-corrected chi connectivity index (χ2v) is 4.40. The van der Waals surface area contributed by atoms with Gasteiger partial charge in [-0.05, 0) is 52.9 Å². The molecule has 0 aromatic heterocycles. The molecular weight excluding hydrogens is 176 g/mol. The van der Waals surface area contributed by atoms with E-state index in [2.05, 4.69) is 17.3 Å². The number of methoxy groups -OCH3 is 1. The van der Waals surface area contributed by atoms with Gasteiger partial charge in [0, 0.05) is 13.7 Å². The van der Waals surface area contributed by atoms with Crippen LogP contribution in [0.5, 0.6) is 0 Å². The van der Waals surface area contributed by atoms with Crippen LogP contribution in [0.4, 0.5) is 0 Å². The molecule has 0 aliphatic carbocycles. The summed E-state index contributed by atoms with van der Waals surface area (Å²) in [6, 6.07) is 0. The van der Waals surface area contributed by atoms with Crippen LogP contribution in [0.3, 0.4) is 0 Å². The van der Waals surface area contributed by atoms with E-state index in [1.807, 2.05) is 14.2 Å². The molecule has 1 fully saturated rings. The predicted octanol–water partition coefficient (Wildman–Crippen LogP) is 1.10. The van der Waals surface area contributed by atoms with E-state index in [-0.39, 0.29) is 5.60 Å². The first kappa shape index (κ1) is 12.0. The summed E-state index contributed by atoms with van der Waals surface area (Å²) in [5.74, 6) is 0. The highest BCUT2D eigenvalue weighted by Crippen LogP contribution is 2.28. The number of nitrogens with one attached hydrogen (secondary N) is 1. The Morgan fingerprint density at radius 2 is 2.14 bits per heavy atom. The molecule has 3 heteroatoms. The molecule has 1 saturated heterocycles. The first-order chi connectivity index (χ1) is 6.72. The highest BCUT2D eigenvalue weighted by Gasteiger charge is 2.30. The van der Waals surface area contributed by atoms with Crippen molar-refractivity contribution in [2.75, 3.05) is 40.8 Å². The standard InChI is InChI=1S/C11H24N2O/c1-12-8-6-11(14-3)5-4-9-13(2)10-7-11/h12H,4-10H2,1-3H3. The molecule has 1 atom stereocenters. The highest BCUT2D eigenvalue weighted by atomic mass is 16.5. The monoisotopic (exact) mass is 200 g/mol. The van der Waals surface area contributed by atoms with Gasteiger partial charge in [-0.3, -0.25) is 0 Å². The lowest BCUT2D eigenvalue weighted by Crippen LogP contribution is -2.35. The minimum Gasteiger partial charge on any atom is -0.378 e. The molecule has 1 unspecified atom stereocenters. The molecule has 1 aliphatic heterocycles. The van der Waals surface area contributed by atoms with Gasteiger partial charge in [0.25, 0.3) is 0 Å². The van der Waals surface area contributed by atoms with Gasteiger partial charge in [-0.25, -0.2) is 0 Å². The van der Waals surface area contributed by atoms with Gasteiger partial charge < -0.3 is 15.0 Å².